The lowest BCUT2D eigenvalue weighted by molar-refractivity contribution is -0.143. The molecule has 176 valence electrons. The number of hydrogen-bond acceptors (Lipinski definition) is 3. The fourth-order valence-corrected chi connectivity index (χ4v) is 3.99. The second-order valence-electron chi connectivity index (χ2n) is 7.87. The largest absolute Gasteiger partial charge is 0.478 e. The summed E-state index contributed by atoms with van der Waals surface area (Å²) in [5, 5.41) is 14.3. The average molecular weight is 460 g/mol. The van der Waals surface area contributed by atoms with Gasteiger partial charge in [0.2, 0.25) is 0 Å². The molecule has 0 unspecified atom stereocenters. The number of aryl methyl sites for hydroxylation is 1. The highest BCUT2D eigenvalue weighted by Crippen LogP contribution is 2.31. The number of carbonyl (C=O) groups is 1. The first-order valence-electron chi connectivity index (χ1n) is 10.8. The number of carboxylic acid groups (broad SMARTS) is 1. The fraction of sp³-hybridized carbons (Fsp3) is 0.360. The molecule has 0 spiro atoms. The number of ether oxygens (including phenoxy) is 1. The summed E-state index contributed by atoms with van der Waals surface area (Å²) in [5.41, 5.74) is 3.45. The highest BCUT2D eigenvalue weighted by atomic mass is 19.4. The summed E-state index contributed by atoms with van der Waals surface area (Å²) in [6, 6.07) is 14.4. The van der Waals surface area contributed by atoms with Crippen LogP contribution in [0.1, 0.15) is 52.6 Å². The summed E-state index contributed by atoms with van der Waals surface area (Å²) in [7, 11) is 1.42. The lowest BCUT2D eigenvalue weighted by Gasteiger charge is -2.14. The number of aromatic nitrogens is 2. The zero-order valence-electron chi connectivity index (χ0n) is 18.7. The monoisotopic (exact) mass is 460 g/mol. The van der Waals surface area contributed by atoms with Crippen molar-refractivity contribution >= 4 is 5.97 Å². The molecule has 33 heavy (non-hydrogen) atoms. The molecule has 0 atom stereocenters. The summed E-state index contributed by atoms with van der Waals surface area (Å²) in [6.45, 7) is 0.723. The van der Waals surface area contributed by atoms with Gasteiger partial charge in [-0.05, 0) is 29.5 Å². The van der Waals surface area contributed by atoms with Crippen LogP contribution in [0.2, 0.25) is 0 Å². The molecule has 0 aliphatic carbocycles. The van der Waals surface area contributed by atoms with Gasteiger partial charge in [-0.15, -0.1) is 0 Å². The van der Waals surface area contributed by atoms with Crippen LogP contribution in [0.25, 0.3) is 11.1 Å². The number of alkyl halides is 3. The van der Waals surface area contributed by atoms with Gasteiger partial charge in [0.15, 0.2) is 0 Å². The predicted molar refractivity (Wildman–Crippen MR) is 119 cm³/mol. The highest BCUT2D eigenvalue weighted by Gasteiger charge is 2.31. The second kappa shape index (κ2) is 10.7. The number of hydrogen-bond donors (Lipinski definition) is 1. The Morgan fingerprint density at radius 3 is 2.45 bits per heavy atom. The van der Waals surface area contributed by atoms with Crippen molar-refractivity contribution in [3.8, 4) is 11.1 Å². The van der Waals surface area contributed by atoms with Crippen molar-refractivity contribution in [3.05, 3.63) is 76.6 Å². The van der Waals surface area contributed by atoms with E-state index in [-0.39, 0.29) is 18.6 Å². The topological polar surface area (TPSA) is 64.4 Å². The SMILES string of the molecule is CCCCc1nn(CC(F)(F)F)c(COC)c1Cc1cccc(-c2ccccc2)c1C(=O)O. The van der Waals surface area contributed by atoms with E-state index in [1.165, 1.54) is 7.11 Å². The van der Waals surface area contributed by atoms with Gasteiger partial charge >= 0.3 is 12.1 Å². The maximum absolute atomic E-state index is 13.2. The van der Waals surface area contributed by atoms with Gasteiger partial charge in [0.1, 0.15) is 6.54 Å². The molecular formula is C25H27F3N2O3. The second-order valence-corrected chi connectivity index (χ2v) is 7.87. The Morgan fingerprint density at radius 2 is 1.85 bits per heavy atom. The Bertz CT molecular complexity index is 1090. The van der Waals surface area contributed by atoms with Gasteiger partial charge in [-0.25, -0.2) is 4.79 Å². The molecule has 1 heterocycles. The van der Waals surface area contributed by atoms with Crippen LogP contribution in [0.3, 0.4) is 0 Å². The van der Waals surface area contributed by atoms with Crippen LogP contribution in [-0.2, 0) is 30.7 Å². The molecule has 3 rings (SSSR count). The molecule has 3 aromatic rings. The number of halogens is 3. The van der Waals surface area contributed by atoms with Crippen molar-refractivity contribution in [2.24, 2.45) is 0 Å². The summed E-state index contributed by atoms with van der Waals surface area (Å²) in [4.78, 5) is 12.3. The quantitative estimate of drug-likeness (QED) is 0.410. The van der Waals surface area contributed by atoms with Crippen molar-refractivity contribution in [1.29, 1.82) is 0 Å². The Morgan fingerprint density at radius 1 is 1.12 bits per heavy atom. The Labute approximate surface area is 190 Å². The number of nitrogens with zero attached hydrogens (tertiary/aromatic N) is 2. The number of methoxy groups -OCH3 is 1. The molecule has 0 bridgehead atoms. The highest BCUT2D eigenvalue weighted by molar-refractivity contribution is 5.97. The fourth-order valence-electron chi connectivity index (χ4n) is 3.99. The molecule has 0 saturated carbocycles. The number of carboxylic acids is 1. The summed E-state index contributed by atoms with van der Waals surface area (Å²) >= 11 is 0. The van der Waals surface area contributed by atoms with E-state index < -0.39 is 18.7 Å². The van der Waals surface area contributed by atoms with E-state index in [1.54, 1.807) is 18.2 Å². The molecule has 0 saturated heterocycles. The minimum Gasteiger partial charge on any atom is -0.478 e. The van der Waals surface area contributed by atoms with Gasteiger partial charge in [-0.2, -0.15) is 18.3 Å². The van der Waals surface area contributed by atoms with Gasteiger partial charge in [0, 0.05) is 19.1 Å². The molecule has 2 aromatic carbocycles. The van der Waals surface area contributed by atoms with Crippen LogP contribution in [0.15, 0.2) is 48.5 Å². The van der Waals surface area contributed by atoms with Crippen LogP contribution in [0.5, 0.6) is 0 Å². The zero-order valence-corrected chi connectivity index (χ0v) is 18.7. The molecule has 5 nitrogen and oxygen atoms in total. The third-order valence-corrected chi connectivity index (χ3v) is 5.44. The average Bonchev–Trinajstić information content (AvgIpc) is 3.07. The van der Waals surface area contributed by atoms with Crippen molar-refractivity contribution in [2.45, 2.75) is 51.9 Å². The van der Waals surface area contributed by atoms with E-state index >= 15 is 0 Å². The molecule has 0 amide bonds. The third-order valence-electron chi connectivity index (χ3n) is 5.44. The van der Waals surface area contributed by atoms with Gasteiger partial charge in [0.25, 0.3) is 0 Å². The molecule has 0 aliphatic heterocycles. The molecular weight excluding hydrogens is 433 g/mol. The minimum atomic E-state index is -4.44. The molecule has 0 aliphatic rings. The van der Waals surface area contributed by atoms with Crippen LogP contribution >= 0.6 is 0 Å². The molecule has 1 N–H and O–H groups in total. The molecule has 0 fully saturated rings. The minimum absolute atomic E-state index is 0.0503. The molecule has 8 heteroatoms. The maximum Gasteiger partial charge on any atom is 0.408 e. The van der Waals surface area contributed by atoms with Crippen molar-refractivity contribution in [2.75, 3.05) is 7.11 Å². The van der Waals surface area contributed by atoms with Gasteiger partial charge in [0.05, 0.1) is 23.6 Å². The van der Waals surface area contributed by atoms with E-state index in [0.717, 1.165) is 23.1 Å². The Kier molecular flexibility index (Phi) is 7.92. The van der Waals surface area contributed by atoms with Gasteiger partial charge < -0.3 is 9.84 Å². The number of rotatable bonds is 10. The first-order valence-corrected chi connectivity index (χ1v) is 10.8. The predicted octanol–water partition coefficient (Wildman–Crippen LogP) is 5.89. The summed E-state index contributed by atoms with van der Waals surface area (Å²) < 4.78 is 45.8. The van der Waals surface area contributed by atoms with Crippen molar-refractivity contribution in [1.82, 2.24) is 9.78 Å². The van der Waals surface area contributed by atoms with Crippen LogP contribution in [0, 0.1) is 0 Å². The normalized spacial score (nSPS) is 11.7. The number of unbranched alkanes of at least 4 members (excludes halogenated alkanes) is 1. The number of benzene rings is 2. The number of aromatic carboxylic acids is 1. The van der Waals surface area contributed by atoms with Crippen LogP contribution < -0.4 is 0 Å². The smallest absolute Gasteiger partial charge is 0.408 e. The van der Waals surface area contributed by atoms with E-state index in [2.05, 4.69) is 5.10 Å². The van der Waals surface area contributed by atoms with Gasteiger partial charge in [-0.1, -0.05) is 61.9 Å². The van der Waals surface area contributed by atoms with Crippen LogP contribution in [0.4, 0.5) is 13.2 Å². The third kappa shape index (κ3) is 6.01. The van der Waals surface area contributed by atoms with E-state index in [0.29, 0.717) is 34.5 Å². The standard InChI is InChI=1S/C25H27F3N2O3/c1-3-4-13-21-20(22(15-33-2)30(29-21)16-25(26,27)28)14-18-11-8-12-19(23(18)24(31)32)17-9-6-5-7-10-17/h5-12H,3-4,13-16H2,1-2H3,(H,31,32). The van der Waals surface area contributed by atoms with Crippen LogP contribution in [-0.4, -0.2) is 34.1 Å². The Hall–Kier alpha value is -3.13. The van der Waals surface area contributed by atoms with Gasteiger partial charge in [-0.3, -0.25) is 4.68 Å². The van der Waals surface area contributed by atoms with E-state index in [9.17, 15) is 23.1 Å². The summed E-state index contributed by atoms with van der Waals surface area (Å²) in [6.07, 6.45) is -2.16. The maximum atomic E-state index is 13.2. The first kappa shape index (κ1) is 24.5. The molecule has 0 radical (unpaired) electrons. The Balaban J connectivity index is 2.14. The van der Waals surface area contributed by atoms with Crippen molar-refractivity contribution in [3.63, 3.8) is 0 Å². The lowest BCUT2D eigenvalue weighted by atomic mass is 9.91. The summed E-state index contributed by atoms with van der Waals surface area (Å²) in [5.74, 6) is -1.09. The molecule has 1 aromatic heterocycles. The van der Waals surface area contributed by atoms with E-state index in [4.69, 9.17) is 4.74 Å². The first-order chi connectivity index (χ1) is 15.7. The van der Waals surface area contributed by atoms with E-state index in [1.807, 2.05) is 37.3 Å². The zero-order chi connectivity index (χ0) is 24.0. The van der Waals surface area contributed by atoms with Crippen molar-refractivity contribution < 1.29 is 27.8 Å². The lowest BCUT2D eigenvalue weighted by Crippen LogP contribution is -2.21.